The van der Waals surface area contributed by atoms with Crippen molar-refractivity contribution in [2.24, 2.45) is 4.99 Å². The number of ketones is 1. The fourth-order valence-electron chi connectivity index (χ4n) is 3.66. The number of fused-ring (bicyclic) bond motifs is 1. The summed E-state index contributed by atoms with van der Waals surface area (Å²) in [6, 6.07) is 12.3. The van der Waals surface area contributed by atoms with Gasteiger partial charge in [0.05, 0.1) is 6.54 Å². The van der Waals surface area contributed by atoms with Gasteiger partial charge in [0.1, 0.15) is 0 Å². The highest BCUT2D eigenvalue weighted by atomic mass is 16.2. The molecule has 0 spiro atoms. The third-order valence-electron chi connectivity index (χ3n) is 5.16. The number of aromatic nitrogens is 1. The van der Waals surface area contributed by atoms with Gasteiger partial charge in [-0.3, -0.25) is 19.4 Å². The van der Waals surface area contributed by atoms with Gasteiger partial charge in [0.2, 0.25) is 5.78 Å². The molecule has 1 fully saturated rings. The van der Waals surface area contributed by atoms with E-state index in [1.807, 2.05) is 25.1 Å². The van der Waals surface area contributed by atoms with Crippen LogP contribution in [0.2, 0.25) is 0 Å². The number of nitrogens with zero attached hydrogens (tertiary/aromatic N) is 4. The number of carbonyl (C=O) groups excluding carboxylic acids is 3. The van der Waals surface area contributed by atoms with Crippen molar-refractivity contribution in [3.63, 3.8) is 0 Å². The van der Waals surface area contributed by atoms with Crippen LogP contribution in [0, 0.1) is 0 Å². The minimum atomic E-state index is -0.541. The van der Waals surface area contributed by atoms with Gasteiger partial charge in [-0.05, 0) is 31.2 Å². The summed E-state index contributed by atoms with van der Waals surface area (Å²) in [5.41, 5.74) is 1.52. The van der Waals surface area contributed by atoms with Gasteiger partial charge < -0.3 is 9.80 Å². The van der Waals surface area contributed by atoms with Crippen LogP contribution in [0.1, 0.15) is 17.3 Å². The van der Waals surface area contributed by atoms with Crippen LogP contribution in [-0.4, -0.2) is 64.6 Å². The van der Waals surface area contributed by atoms with E-state index in [2.05, 4.69) is 9.98 Å². The molecule has 0 saturated carbocycles. The minimum absolute atomic E-state index is 0.0603. The molecular formula is C21H20N4O3. The van der Waals surface area contributed by atoms with Crippen LogP contribution >= 0.6 is 0 Å². The largest absolute Gasteiger partial charge is 0.335 e. The average Bonchev–Trinajstić information content (AvgIpc) is 3.17. The van der Waals surface area contributed by atoms with Gasteiger partial charge in [-0.2, -0.15) is 0 Å². The predicted octanol–water partition coefficient (Wildman–Crippen LogP) is -0.192. The Labute approximate surface area is 162 Å². The monoisotopic (exact) mass is 376 g/mol. The second-order valence-electron chi connectivity index (χ2n) is 6.96. The fourth-order valence-corrected chi connectivity index (χ4v) is 3.66. The Morgan fingerprint density at radius 1 is 1.04 bits per heavy atom. The summed E-state index contributed by atoms with van der Waals surface area (Å²) >= 11 is 0. The van der Waals surface area contributed by atoms with Crippen molar-refractivity contribution in [2.45, 2.75) is 13.0 Å². The second-order valence-corrected chi connectivity index (χ2v) is 6.96. The molecule has 0 unspecified atom stereocenters. The second kappa shape index (κ2) is 7.34. The van der Waals surface area contributed by atoms with Gasteiger partial charge in [-0.1, -0.05) is 18.2 Å². The van der Waals surface area contributed by atoms with Crippen LogP contribution in [-0.2, 0) is 9.59 Å². The molecule has 1 aromatic heterocycles. The first-order chi connectivity index (χ1) is 13.6. The van der Waals surface area contributed by atoms with E-state index in [9.17, 15) is 14.4 Å². The molecule has 142 valence electrons. The molecule has 0 radical (unpaired) electrons. The first-order valence-corrected chi connectivity index (χ1v) is 9.24. The molecule has 0 N–H and O–H groups in total. The number of carbonyl (C=O) groups is 3. The third kappa shape index (κ3) is 3.19. The highest BCUT2D eigenvalue weighted by Gasteiger charge is 2.34. The van der Waals surface area contributed by atoms with E-state index in [0.717, 1.165) is 0 Å². The number of rotatable bonds is 3. The lowest BCUT2D eigenvalue weighted by atomic mass is 10.1. The topological polar surface area (TPSA) is 82.9 Å². The molecule has 7 nitrogen and oxygen atoms in total. The van der Waals surface area contributed by atoms with E-state index >= 15 is 0 Å². The van der Waals surface area contributed by atoms with Crippen LogP contribution in [0.15, 0.2) is 53.7 Å². The lowest BCUT2D eigenvalue weighted by Gasteiger charge is -2.39. The lowest BCUT2D eigenvalue weighted by molar-refractivity contribution is -0.144. The quantitative estimate of drug-likeness (QED) is 0.695. The smallest absolute Gasteiger partial charge is 0.295 e. The molecule has 0 aliphatic carbocycles. The van der Waals surface area contributed by atoms with E-state index in [1.165, 1.54) is 0 Å². The molecule has 28 heavy (non-hydrogen) atoms. The van der Waals surface area contributed by atoms with Crippen molar-refractivity contribution in [1.82, 2.24) is 14.8 Å². The van der Waals surface area contributed by atoms with Crippen molar-refractivity contribution in [2.75, 3.05) is 26.2 Å². The molecule has 1 atom stereocenters. The van der Waals surface area contributed by atoms with Crippen molar-refractivity contribution in [3.05, 3.63) is 64.9 Å². The van der Waals surface area contributed by atoms with Gasteiger partial charge in [-0.25, -0.2) is 4.98 Å². The van der Waals surface area contributed by atoms with Crippen LogP contribution < -0.4 is 10.7 Å². The normalized spacial score (nSPS) is 18.5. The first kappa shape index (κ1) is 18.0. The number of amides is 2. The van der Waals surface area contributed by atoms with E-state index in [-0.39, 0.29) is 18.5 Å². The molecule has 1 saturated heterocycles. The molecule has 2 amide bonds. The van der Waals surface area contributed by atoms with Crippen LogP contribution in [0.4, 0.5) is 0 Å². The van der Waals surface area contributed by atoms with Crippen molar-refractivity contribution >= 4 is 23.2 Å². The number of hydrogen-bond donors (Lipinski definition) is 0. The Kier molecular flexibility index (Phi) is 4.73. The molecular weight excluding hydrogens is 356 g/mol. The maximum Gasteiger partial charge on any atom is 0.295 e. The fraction of sp³-hybridized carbons (Fsp3) is 0.286. The molecule has 3 heterocycles. The Morgan fingerprint density at radius 3 is 2.57 bits per heavy atom. The summed E-state index contributed by atoms with van der Waals surface area (Å²) in [4.78, 5) is 49.9. The van der Waals surface area contributed by atoms with E-state index in [1.54, 1.807) is 40.3 Å². The maximum atomic E-state index is 12.8. The minimum Gasteiger partial charge on any atom is -0.335 e. The zero-order valence-corrected chi connectivity index (χ0v) is 15.5. The maximum absolute atomic E-state index is 12.8. The van der Waals surface area contributed by atoms with Crippen LogP contribution in [0.5, 0.6) is 0 Å². The highest BCUT2D eigenvalue weighted by Crippen LogP contribution is 2.15. The van der Waals surface area contributed by atoms with Gasteiger partial charge in [0, 0.05) is 48.2 Å². The van der Waals surface area contributed by atoms with Crippen molar-refractivity contribution in [1.29, 1.82) is 0 Å². The number of hydrogen-bond acceptors (Lipinski definition) is 5. The molecule has 1 aromatic carbocycles. The highest BCUT2D eigenvalue weighted by molar-refractivity contribution is 6.51. The van der Waals surface area contributed by atoms with E-state index in [0.29, 0.717) is 41.5 Å². The molecule has 2 aliphatic rings. The van der Waals surface area contributed by atoms with Crippen molar-refractivity contribution < 1.29 is 14.4 Å². The number of pyridine rings is 1. The van der Waals surface area contributed by atoms with E-state index < -0.39 is 11.7 Å². The SMILES string of the molecule is C[C@H]1CN(C(=O)c2ccccc2)CCN1C(=O)C(=O)C1=c2cccnc2=NC1. The zero-order valence-electron chi connectivity index (χ0n) is 15.5. The Balaban J connectivity index is 1.48. The molecule has 0 bridgehead atoms. The standard InChI is InChI=1S/C21H20N4O3/c1-14-13-24(20(27)15-6-3-2-4-7-15)10-11-25(14)21(28)18(26)17-12-23-19-16(17)8-5-9-22-19/h2-9,14H,10-13H2,1H3/t14-/m0/s1. The van der Waals surface area contributed by atoms with Crippen LogP contribution in [0.3, 0.4) is 0 Å². The van der Waals surface area contributed by atoms with Gasteiger partial charge in [-0.15, -0.1) is 0 Å². The first-order valence-electron chi connectivity index (χ1n) is 9.24. The number of piperazine rings is 1. The van der Waals surface area contributed by atoms with Gasteiger partial charge in [0.15, 0.2) is 5.49 Å². The Bertz CT molecular complexity index is 1060. The molecule has 2 aromatic rings. The molecule has 7 heteroatoms. The average molecular weight is 376 g/mol. The molecule has 2 aliphatic heterocycles. The summed E-state index contributed by atoms with van der Waals surface area (Å²) in [7, 11) is 0. The molecule has 4 rings (SSSR count). The predicted molar refractivity (Wildman–Crippen MR) is 102 cm³/mol. The van der Waals surface area contributed by atoms with Crippen molar-refractivity contribution in [3.8, 4) is 0 Å². The number of Topliss-reactive ketones (excluding diaryl/α,β-unsaturated/α-hetero) is 1. The third-order valence-corrected chi connectivity index (χ3v) is 5.16. The van der Waals surface area contributed by atoms with Gasteiger partial charge >= 0.3 is 0 Å². The summed E-state index contributed by atoms with van der Waals surface area (Å²) in [6.45, 7) is 3.15. The van der Waals surface area contributed by atoms with E-state index in [4.69, 9.17) is 0 Å². The lowest BCUT2D eigenvalue weighted by Crippen LogP contribution is -2.57. The summed E-state index contributed by atoms with van der Waals surface area (Å²) in [6.07, 6.45) is 1.61. The number of benzene rings is 1. The summed E-state index contributed by atoms with van der Waals surface area (Å²) < 4.78 is 0. The summed E-state index contributed by atoms with van der Waals surface area (Å²) in [5, 5.41) is 0.631. The Hall–Kier alpha value is -3.35. The van der Waals surface area contributed by atoms with Crippen LogP contribution in [0.25, 0.3) is 5.57 Å². The zero-order chi connectivity index (χ0) is 19.7. The Morgan fingerprint density at radius 2 is 1.82 bits per heavy atom. The van der Waals surface area contributed by atoms with Gasteiger partial charge in [0.25, 0.3) is 11.8 Å². The summed E-state index contributed by atoms with van der Waals surface area (Å²) in [5.74, 6) is -1.14.